The fourth-order valence-electron chi connectivity index (χ4n) is 2.01. The minimum atomic E-state index is -0.611. The normalized spacial score (nSPS) is 11.4. The molecule has 0 radical (unpaired) electrons. The Bertz CT molecular complexity index is 720. The summed E-state index contributed by atoms with van der Waals surface area (Å²) in [5, 5.41) is 16.4. The van der Waals surface area contributed by atoms with Gasteiger partial charge in [0, 0.05) is 35.4 Å². The molecule has 25 heavy (non-hydrogen) atoms. The number of nitro benzene ring substituents is 1. The molecule has 0 bridgehead atoms. The predicted molar refractivity (Wildman–Crippen MR) is 98.8 cm³/mol. The molecule has 0 unspecified atom stereocenters. The van der Waals surface area contributed by atoms with Crippen LogP contribution >= 0.6 is 15.9 Å². The Morgan fingerprint density at radius 1 is 1.16 bits per heavy atom. The summed E-state index contributed by atoms with van der Waals surface area (Å²) in [4.78, 5) is 22.1. The van der Waals surface area contributed by atoms with Crippen LogP contribution in [-0.2, 0) is 4.79 Å². The maximum absolute atomic E-state index is 12.0. The summed E-state index contributed by atoms with van der Waals surface area (Å²) in [5.41, 5.74) is 0.789. The van der Waals surface area contributed by atoms with Crippen molar-refractivity contribution in [2.75, 3.05) is 18.4 Å². The summed E-state index contributed by atoms with van der Waals surface area (Å²) in [6.07, 6.45) is -0.611. The van der Waals surface area contributed by atoms with Crippen molar-refractivity contribution in [2.24, 2.45) is 0 Å². The van der Waals surface area contributed by atoms with Crippen LogP contribution in [0.2, 0.25) is 0 Å². The molecule has 0 saturated heterocycles. The van der Waals surface area contributed by atoms with Crippen molar-refractivity contribution in [1.29, 1.82) is 0 Å². The number of halogens is 1. The van der Waals surface area contributed by atoms with E-state index >= 15 is 0 Å². The lowest BCUT2D eigenvalue weighted by Gasteiger charge is -2.15. The summed E-state index contributed by atoms with van der Waals surface area (Å²) in [6.45, 7) is 2.58. The SMILES string of the molecule is C[C@@H](Oc1ccc(Br)cc1)C(=O)NCCNc1ccc([N+](=O)[O-])cc1. The molecule has 2 aromatic carbocycles. The Hall–Kier alpha value is -2.61. The van der Waals surface area contributed by atoms with E-state index in [1.807, 2.05) is 12.1 Å². The minimum absolute atomic E-state index is 0.0396. The van der Waals surface area contributed by atoms with Gasteiger partial charge in [0.15, 0.2) is 6.10 Å². The third-order valence-electron chi connectivity index (χ3n) is 3.33. The number of carbonyl (C=O) groups is 1. The largest absolute Gasteiger partial charge is 0.481 e. The molecular formula is C17H18BrN3O4. The van der Waals surface area contributed by atoms with E-state index in [0.29, 0.717) is 18.8 Å². The molecule has 2 N–H and O–H groups in total. The van der Waals surface area contributed by atoms with Crippen molar-refractivity contribution in [1.82, 2.24) is 5.32 Å². The summed E-state index contributed by atoms with van der Waals surface area (Å²) in [5.74, 6) is 0.406. The molecule has 0 aliphatic rings. The highest BCUT2D eigenvalue weighted by Crippen LogP contribution is 2.17. The Kier molecular flexibility index (Phi) is 6.76. The maximum atomic E-state index is 12.0. The second kappa shape index (κ2) is 9.03. The molecule has 0 aromatic heterocycles. The molecule has 0 heterocycles. The van der Waals surface area contributed by atoms with Crippen LogP contribution in [0.3, 0.4) is 0 Å². The number of nitrogens with zero attached hydrogens (tertiary/aromatic N) is 1. The fourth-order valence-corrected chi connectivity index (χ4v) is 2.27. The number of carbonyl (C=O) groups excluding carboxylic acids is 1. The van der Waals surface area contributed by atoms with E-state index < -0.39 is 11.0 Å². The van der Waals surface area contributed by atoms with Crippen molar-refractivity contribution in [2.45, 2.75) is 13.0 Å². The summed E-state index contributed by atoms with van der Waals surface area (Å²) in [6, 6.07) is 13.3. The average Bonchev–Trinajstić information content (AvgIpc) is 2.60. The van der Waals surface area contributed by atoms with Crippen molar-refractivity contribution in [3.05, 3.63) is 63.1 Å². The Balaban J connectivity index is 1.70. The molecule has 0 aliphatic heterocycles. The minimum Gasteiger partial charge on any atom is -0.481 e. The number of rotatable bonds is 8. The van der Waals surface area contributed by atoms with Crippen LogP contribution < -0.4 is 15.4 Å². The van der Waals surface area contributed by atoms with Crippen LogP contribution in [0.15, 0.2) is 53.0 Å². The van der Waals surface area contributed by atoms with Gasteiger partial charge in [-0.05, 0) is 43.3 Å². The number of benzene rings is 2. The van der Waals surface area contributed by atoms with Crippen LogP contribution in [0.5, 0.6) is 5.75 Å². The summed E-state index contributed by atoms with van der Waals surface area (Å²) in [7, 11) is 0. The number of anilines is 1. The third-order valence-corrected chi connectivity index (χ3v) is 3.86. The number of amides is 1. The van der Waals surface area contributed by atoms with Gasteiger partial charge in [-0.3, -0.25) is 14.9 Å². The van der Waals surface area contributed by atoms with E-state index in [2.05, 4.69) is 26.6 Å². The predicted octanol–water partition coefficient (Wildman–Crippen LogP) is 3.35. The average molecular weight is 408 g/mol. The van der Waals surface area contributed by atoms with Gasteiger partial charge in [-0.2, -0.15) is 0 Å². The smallest absolute Gasteiger partial charge is 0.269 e. The summed E-state index contributed by atoms with van der Waals surface area (Å²) < 4.78 is 6.50. The van der Waals surface area contributed by atoms with Crippen LogP contribution in [0.25, 0.3) is 0 Å². The quantitative estimate of drug-likeness (QED) is 0.397. The number of nitrogens with one attached hydrogen (secondary N) is 2. The zero-order valence-electron chi connectivity index (χ0n) is 13.6. The highest BCUT2D eigenvalue weighted by atomic mass is 79.9. The molecule has 2 rings (SSSR count). The van der Waals surface area contributed by atoms with Crippen molar-refractivity contribution >= 4 is 33.2 Å². The number of non-ortho nitro benzene ring substituents is 1. The number of ether oxygens (including phenoxy) is 1. The standard InChI is InChI=1S/C17H18BrN3O4/c1-12(25-16-8-2-13(18)3-9-16)17(22)20-11-10-19-14-4-6-15(7-5-14)21(23)24/h2-9,12,19H,10-11H2,1H3,(H,20,22)/t12-/m1/s1. The molecule has 2 aromatic rings. The Labute approximate surface area is 153 Å². The van der Waals surface area contributed by atoms with Gasteiger partial charge < -0.3 is 15.4 Å². The van der Waals surface area contributed by atoms with Gasteiger partial charge in [0.25, 0.3) is 11.6 Å². The fraction of sp³-hybridized carbons (Fsp3) is 0.235. The van der Waals surface area contributed by atoms with Gasteiger partial charge in [-0.1, -0.05) is 15.9 Å². The Morgan fingerprint density at radius 3 is 2.40 bits per heavy atom. The van der Waals surface area contributed by atoms with Gasteiger partial charge in [0.05, 0.1) is 4.92 Å². The lowest BCUT2D eigenvalue weighted by Crippen LogP contribution is -2.38. The highest BCUT2D eigenvalue weighted by molar-refractivity contribution is 9.10. The van der Waals surface area contributed by atoms with E-state index in [1.165, 1.54) is 12.1 Å². The topological polar surface area (TPSA) is 93.5 Å². The lowest BCUT2D eigenvalue weighted by molar-refractivity contribution is -0.384. The van der Waals surface area contributed by atoms with Crippen molar-refractivity contribution < 1.29 is 14.5 Å². The Morgan fingerprint density at radius 2 is 1.80 bits per heavy atom. The number of nitro groups is 1. The van der Waals surface area contributed by atoms with Gasteiger partial charge in [-0.15, -0.1) is 0 Å². The molecule has 0 aliphatic carbocycles. The molecule has 132 valence electrons. The molecule has 8 heteroatoms. The second-order valence-electron chi connectivity index (χ2n) is 5.24. The van der Waals surface area contributed by atoms with E-state index in [4.69, 9.17) is 4.74 Å². The van der Waals surface area contributed by atoms with Crippen LogP contribution in [0, 0.1) is 10.1 Å². The van der Waals surface area contributed by atoms with Crippen molar-refractivity contribution in [3.8, 4) is 5.75 Å². The first kappa shape index (κ1) is 18.7. The molecule has 1 amide bonds. The zero-order chi connectivity index (χ0) is 18.2. The van der Waals surface area contributed by atoms with Crippen molar-refractivity contribution in [3.63, 3.8) is 0 Å². The van der Waals surface area contributed by atoms with Gasteiger partial charge in [0.1, 0.15) is 5.75 Å². The zero-order valence-corrected chi connectivity index (χ0v) is 15.2. The van der Waals surface area contributed by atoms with E-state index in [-0.39, 0.29) is 11.6 Å². The van der Waals surface area contributed by atoms with Crippen LogP contribution in [0.1, 0.15) is 6.92 Å². The molecular weight excluding hydrogens is 390 g/mol. The molecule has 0 spiro atoms. The second-order valence-corrected chi connectivity index (χ2v) is 6.15. The first-order valence-corrected chi connectivity index (χ1v) is 8.43. The van der Waals surface area contributed by atoms with E-state index in [9.17, 15) is 14.9 Å². The third kappa shape index (κ3) is 6.07. The monoisotopic (exact) mass is 407 g/mol. The van der Waals surface area contributed by atoms with Gasteiger partial charge in [-0.25, -0.2) is 0 Å². The highest BCUT2D eigenvalue weighted by Gasteiger charge is 2.13. The molecule has 7 nitrogen and oxygen atoms in total. The first-order chi connectivity index (χ1) is 12.0. The van der Waals surface area contributed by atoms with E-state index in [1.54, 1.807) is 31.2 Å². The number of hydrogen-bond donors (Lipinski definition) is 2. The van der Waals surface area contributed by atoms with E-state index in [0.717, 1.165) is 10.2 Å². The molecule has 0 fully saturated rings. The number of hydrogen-bond acceptors (Lipinski definition) is 5. The maximum Gasteiger partial charge on any atom is 0.269 e. The van der Waals surface area contributed by atoms with Gasteiger partial charge >= 0.3 is 0 Å². The molecule has 0 saturated carbocycles. The molecule has 1 atom stereocenters. The first-order valence-electron chi connectivity index (χ1n) is 7.64. The summed E-state index contributed by atoms with van der Waals surface area (Å²) >= 11 is 3.34. The van der Waals surface area contributed by atoms with Gasteiger partial charge in [0.2, 0.25) is 0 Å². The lowest BCUT2D eigenvalue weighted by atomic mass is 10.3. The van der Waals surface area contributed by atoms with Crippen LogP contribution in [0.4, 0.5) is 11.4 Å². The van der Waals surface area contributed by atoms with Crippen LogP contribution in [-0.4, -0.2) is 30.0 Å².